The molecule has 1 aromatic carbocycles. The van der Waals surface area contributed by atoms with Crippen molar-refractivity contribution in [2.24, 2.45) is 0 Å². The quantitative estimate of drug-likeness (QED) is 0.364. The number of nitrogens with zero attached hydrogens (tertiary/aromatic N) is 6. The summed E-state index contributed by atoms with van der Waals surface area (Å²) in [6.07, 6.45) is 2.38. The summed E-state index contributed by atoms with van der Waals surface area (Å²) in [4.78, 5) is 14.7. The van der Waals surface area contributed by atoms with Crippen molar-refractivity contribution < 1.29 is 9.84 Å². The maximum atomic E-state index is 10.3. The standard InChI is InChI=1S/C25H30ClN7O2/c1-7-35-22-17(15(4)33-24-21(14(3)31-33)23(27)29-12-30-24)10-18(26)13(2)20(22)16-8-9-19(28-11-16)25(34)32(5)6/h8-12,15,25,34H,7H2,1-6H3,(H2,27,29,30). The van der Waals surface area contributed by atoms with E-state index in [1.54, 1.807) is 25.2 Å². The molecule has 0 amide bonds. The number of halogens is 1. The summed E-state index contributed by atoms with van der Waals surface area (Å²) >= 11 is 6.75. The van der Waals surface area contributed by atoms with Crippen molar-refractivity contribution in [1.29, 1.82) is 0 Å². The van der Waals surface area contributed by atoms with Gasteiger partial charge in [0.15, 0.2) is 5.65 Å². The Labute approximate surface area is 209 Å². The second-order valence-corrected chi connectivity index (χ2v) is 9.09. The van der Waals surface area contributed by atoms with Gasteiger partial charge in [-0.2, -0.15) is 5.10 Å². The summed E-state index contributed by atoms with van der Waals surface area (Å²) in [6.45, 7) is 8.27. The van der Waals surface area contributed by atoms with Crippen LogP contribution >= 0.6 is 11.6 Å². The number of aryl methyl sites for hydroxylation is 1. The maximum Gasteiger partial charge on any atom is 0.164 e. The Morgan fingerprint density at radius 3 is 2.57 bits per heavy atom. The SMILES string of the molecule is CCOc1c(C(C)n2nc(C)c3c(N)ncnc32)cc(Cl)c(C)c1-c1ccc(C(O)N(C)C)nc1. The van der Waals surface area contributed by atoms with Crippen LogP contribution in [0.5, 0.6) is 5.75 Å². The predicted molar refractivity (Wildman–Crippen MR) is 138 cm³/mol. The van der Waals surface area contributed by atoms with Crippen LogP contribution in [-0.4, -0.2) is 55.4 Å². The molecule has 3 heterocycles. The molecule has 0 spiro atoms. The molecule has 10 heteroatoms. The fourth-order valence-electron chi connectivity index (χ4n) is 4.24. The molecular weight excluding hydrogens is 466 g/mol. The number of aliphatic hydroxyl groups excluding tert-OH is 1. The van der Waals surface area contributed by atoms with Crippen LogP contribution in [0.3, 0.4) is 0 Å². The second-order valence-electron chi connectivity index (χ2n) is 8.68. The third kappa shape index (κ3) is 4.42. The van der Waals surface area contributed by atoms with Crippen LogP contribution in [0, 0.1) is 13.8 Å². The highest BCUT2D eigenvalue weighted by atomic mass is 35.5. The molecule has 0 aliphatic rings. The van der Waals surface area contributed by atoms with Crippen molar-refractivity contribution in [2.45, 2.75) is 40.0 Å². The highest BCUT2D eigenvalue weighted by Crippen LogP contribution is 2.43. The normalized spacial score (nSPS) is 13.4. The largest absolute Gasteiger partial charge is 0.493 e. The Kier molecular flexibility index (Phi) is 6.93. The molecule has 2 unspecified atom stereocenters. The lowest BCUT2D eigenvalue weighted by molar-refractivity contribution is 0.0358. The van der Waals surface area contributed by atoms with Crippen LogP contribution in [0.4, 0.5) is 5.82 Å². The molecule has 4 rings (SSSR count). The Morgan fingerprint density at radius 2 is 1.94 bits per heavy atom. The van der Waals surface area contributed by atoms with Crippen LogP contribution in [0.25, 0.3) is 22.2 Å². The van der Waals surface area contributed by atoms with E-state index in [9.17, 15) is 5.11 Å². The Morgan fingerprint density at radius 1 is 1.20 bits per heavy atom. The lowest BCUT2D eigenvalue weighted by Gasteiger charge is -2.23. The fourth-order valence-corrected chi connectivity index (χ4v) is 4.46. The number of hydrogen-bond acceptors (Lipinski definition) is 8. The zero-order chi connectivity index (χ0) is 25.4. The van der Waals surface area contributed by atoms with Gasteiger partial charge in [-0.05, 0) is 59.5 Å². The number of nitrogens with two attached hydrogens (primary N) is 1. The van der Waals surface area contributed by atoms with Crippen molar-refractivity contribution in [3.63, 3.8) is 0 Å². The van der Waals surface area contributed by atoms with Gasteiger partial charge in [0.1, 0.15) is 24.1 Å². The molecule has 0 saturated heterocycles. The number of benzene rings is 1. The summed E-state index contributed by atoms with van der Waals surface area (Å²) in [5.41, 5.74) is 11.5. The number of nitrogen functional groups attached to an aromatic ring is 1. The molecule has 0 saturated carbocycles. The summed E-state index contributed by atoms with van der Waals surface area (Å²) < 4.78 is 8.04. The number of pyridine rings is 1. The number of rotatable bonds is 7. The molecule has 2 atom stereocenters. The zero-order valence-electron chi connectivity index (χ0n) is 20.7. The number of hydrogen-bond donors (Lipinski definition) is 2. The minimum absolute atomic E-state index is 0.262. The van der Waals surface area contributed by atoms with Gasteiger partial charge in [0.05, 0.1) is 29.4 Å². The van der Waals surface area contributed by atoms with Crippen molar-refractivity contribution in [1.82, 2.24) is 29.6 Å². The van der Waals surface area contributed by atoms with E-state index in [-0.39, 0.29) is 6.04 Å². The van der Waals surface area contributed by atoms with Crippen LogP contribution in [0.15, 0.2) is 30.7 Å². The molecule has 0 radical (unpaired) electrons. The Hall–Kier alpha value is -3.27. The molecule has 0 bridgehead atoms. The minimum atomic E-state index is -0.794. The van der Waals surface area contributed by atoms with Gasteiger partial charge < -0.3 is 15.6 Å². The topological polar surface area (TPSA) is 115 Å². The third-order valence-corrected chi connectivity index (χ3v) is 6.52. The lowest BCUT2D eigenvalue weighted by atomic mass is 9.94. The van der Waals surface area contributed by atoms with E-state index in [2.05, 4.69) is 15.0 Å². The maximum absolute atomic E-state index is 10.3. The Bertz CT molecular complexity index is 1370. The van der Waals surface area contributed by atoms with E-state index < -0.39 is 6.23 Å². The van der Waals surface area contributed by atoms with E-state index in [0.717, 1.165) is 33.3 Å². The van der Waals surface area contributed by atoms with Crippen molar-refractivity contribution in [2.75, 3.05) is 26.4 Å². The fraction of sp³-hybridized carbons (Fsp3) is 0.360. The molecular formula is C25H30ClN7O2. The molecule has 0 aliphatic heterocycles. The van der Waals surface area contributed by atoms with Gasteiger partial charge in [0, 0.05) is 27.9 Å². The average molecular weight is 496 g/mol. The summed E-state index contributed by atoms with van der Waals surface area (Å²) in [7, 11) is 3.59. The van der Waals surface area contributed by atoms with Crippen molar-refractivity contribution in [3.8, 4) is 16.9 Å². The number of ether oxygens (including phenoxy) is 1. The number of fused-ring (bicyclic) bond motifs is 1. The molecule has 9 nitrogen and oxygen atoms in total. The number of anilines is 1. The Balaban J connectivity index is 1.90. The van der Waals surface area contributed by atoms with Gasteiger partial charge in [-0.1, -0.05) is 17.7 Å². The van der Waals surface area contributed by atoms with Gasteiger partial charge in [-0.3, -0.25) is 9.88 Å². The second kappa shape index (κ2) is 9.77. The first-order valence-corrected chi connectivity index (χ1v) is 11.7. The highest BCUT2D eigenvalue weighted by molar-refractivity contribution is 6.32. The van der Waals surface area contributed by atoms with E-state index in [4.69, 9.17) is 27.2 Å². The minimum Gasteiger partial charge on any atom is -0.493 e. The van der Waals surface area contributed by atoms with Gasteiger partial charge >= 0.3 is 0 Å². The van der Waals surface area contributed by atoms with Crippen LogP contribution in [0.2, 0.25) is 5.02 Å². The third-order valence-electron chi connectivity index (χ3n) is 6.13. The zero-order valence-corrected chi connectivity index (χ0v) is 21.5. The summed E-state index contributed by atoms with van der Waals surface area (Å²) in [6, 6.07) is 5.39. The van der Waals surface area contributed by atoms with Crippen molar-refractivity contribution in [3.05, 3.63) is 58.3 Å². The van der Waals surface area contributed by atoms with E-state index in [0.29, 0.717) is 34.5 Å². The van der Waals surface area contributed by atoms with Crippen LogP contribution in [0.1, 0.15) is 48.6 Å². The summed E-state index contributed by atoms with van der Waals surface area (Å²) in [5, 5.41) is 16.4. The van der Waals surface area contributed by atoms with E-state index in [1.165, 1.54) is 6.33 Å². The van der Waals surface area contributed by atoms with Gasteiger partial charge in [-0.15, -0.1) is 0 Å². The number of aliphatic hydroxyl groups is 1. The molecule has 35 heavy (non-hydrogen) atoms. The number of aromatic nitrogens is 5. The van der Waals surface area contributed by atoms with Crippen LogP contribution in [-0.2, 0) is 0 Å². The first kappa shape index (κ1) is 24.8. The molecule has 0 fully saturated rings. The van der Waals surface area contributed by atoms with Gasteiger partial charge in [0.25, 0.3) is 0 Å². The van der Waals surface area contributed by atoms with E-state index in [1.807, 2.05) is 50.6 Å². The molecule has 0 aliphatic carbocycles. The first-order valence-electron chi connectivity index (χ1n) is 11.4. The predicted octanol–water partition coefficient (Wildman–Crippen LogP) is 4.30. The monoisotopic (exact) mass is 495 g/mol. The molecule has 4 aromatic rings. The average Bonchev–Trinajstić information content (AvgIpc) is 3.18. The summed E-state index contributed by atoms with van der Waals surface area (Å²) in [5.74, 6) is 1.10. The molecule has 3 aromatic heterocycles. The molecule has 184 valence electrons. The first-order chi connectivity index (χ1) is 16.6. The lowest BCUT2D eigenvalue weighted by Crippen LogP contribution is -2.20. The van der Waals surface area contributed by atoms with E-state index >= 15 is 0 Å². The molecule has 3 N–H and O–H groups in total. The van der Waals surface area contributed by atoms with Gasteiger partial charge in [-0.25, -0.2) is 14.6 Å². The highest BCUT2D eigenvalue weighted by Gasteiger charge is 2.25. The van der Waals surface area contributed by atoms with Crippen LogP contribution < -0.4 is 10.5 Å². The van der Waals surface area contributed by atoms with Gasteiger partial charge in [0.2, 0.25) is 0 Å². The smallest absolute Gasteiger partial charge is 0.164 e. The van der Waals surface area contributed by atoms with Crippen molar-refractivity contribution >= 4 is 28.5 Å².